The Balaban J connectivity index is 1.74. The minimum absolute atomic E-state index is 0.0419. The molecule has 1 saturated heterocycles. The monoisotopic (exact) mass is 657 g/mol. The molecule has 0 radical (unpaired) electrons. The number of hydrogen-bond donors (Lipinski definition) is 1. The van der Waals surface area contributed by atoms with Crippen LogP contribution in [0.3, 0.4) is 0 Å². The van der Waals surface area contributed by atoms with Crippen molar-refractivity contribution in [3.05, 3.63) is 88.9 Å². The van der Waals surface area contributed by atoms with Gasteiger partial charge in [-0.05, 0) is 79.6 Å². The van der Waals surface area contributed by atoms with Gasteiger partial charge in [0, 0.05) is 24.3 Å². The number of amides is 3. The Labute approximate surface area is 266 Å². The zero-order valence-electron chi connectivity index (χ0n) is 24.9. The highest BCUT2D eigenvalue weighted by atomic mass is 19.4. The van der Waals surface area contributed by atoms with Crippen LogP contribution in [0, 0.1) is 17.1 Å². The molecule has 1 fully saturated rings. The van der Waals surface area contributed by atoms with Gasteiger partial charge in [-0.2, -0.15) is 18.4 Å². The summed E-state index contributed by atoms with van der Waals surface area (Å²) in [6, 6.07) is 9.94. The maximum atomic E-state index is 14.9. The number of nitrogens with one attached hydrogen (secondary N) is 1. The number of carbonyl (C=O) groups is 3. The molecule has 2 heterocycles. The molecule has 0 spiro atoms. The third-order valence-corrected chi connectivity index (χ3v) is 8.58. The van der Waals surface area contributed by atoms with Gasteiger partial charge in [0.15, 0.2) is 5.54 Å². The van der Waals surface area contributed by atoms with E-state index in [2.05, 4.69) is 10.3 Å². The molecule has 3 amide bonds. The zero-order valence-corrected chi connectivity index (χ0v) is 24.9. The Morgan fingerprint density at radius 3 is 2.47 bits per heavy atom. The Morgan fingerprint density at radius 1 is 1.09 bits per heavy atom. The average molecular weight is 658 g/mol. The second-order valence-corrected chi connectivity index (χ2v) is 11.3. The first kappa shape index (κ1) is 33.4. The Kier molecular flexibility index (Phi) is 9.55. The highest BCUT2D eigenvalue weighted by Crippen LogP contribution is 2.49. The van der Waals surface area contributed by atoms with Crippen LogP contribution in [0.1, 0.15) is 54.4 Å². The molecule has 5 rings (SSSR count). The third-order valence-electron chi connectivity index (χ3n) is 8.58. The number of halogens is 6. The third kappa shape index (κ3) is 6.26. The molecule has 0 bridgehead atoms. The van der Waals surface area contributed by atoms with Gasteiger partial charge in [0.25, 0.3) is 11.8 Å². The maximum absolute atomic E-state index is 14.9. The molecule has 1 unspecified atom stereocenters. The van der Waals surface area contributed by atoms with Gasteiger partial charge in [0.05, 0.1) is 30.5 Å². The largest absolute Gasteiger partial charge is 0.416 e. The summed E-state index contributed by atoms with van der Waals surface area (Å²) in [7, 11) is 0. The highest BCUT2D eigenvalue weighted by molar-refractivity contribution is 6.12. The molecule has 1 aliphatic heterocycles. The lowest BCUT2D eigenvalue weighted by atomic mass is 9.85. The van der Waals surface area contributed by atoms with Crippen molar-refractivity contribution in [3.63, 3.8) is 0 Å². The molecule has 3 aromatic rings. The Bertz CT molecular complexity index is 1720. The maximum Gasteiger partial charge on any atom is 0.416 e. The normalized spacial score (nSPS) is 19.1. The summed E-state index contributed by atoms with van der Waals surface area (Å²) in [5.74, 6) is -3.35. The predicted octanol–water partition coefficient (Wildman–Crippen LogP) is 5.69. The van der Waals surface area contributed by atoms with Crippen LogP contribution in [0.15, 0.2) is 60.8 Å². The van der Waals surface area contributed by atoms with Crippen molar-refractivity contribution in [1.82, 2.24) is 10.3 Å². The van der Waals surface area contributed by atoms with Gasteiger partial charge >= 0.3 is 6.18 Å². The van der Waals surface area contributed by atoms with Crippen molar-refractivity contribution in [2.75, 3.05) is 23.1 Å². The summed E-state index contributed by atoms with van der Waals surface area (Å²) in [5, 5.41) is 12.0. The number of nitrogens with zero attached hydrogens (tertiary/aromatic N) is 4. The van der Waals surface area contributed by atoms with Gasteiger partial charge in [0.2, 0.25) is 5.91 Å². The fraction of sp³-hybridized carbons (Fsp3) is 0.364. The van der Waals surface area contributed by atoms with Crippen LogP contribution in [0.2, 0.25) is 0 Å². The number of hydrogen-bond acceptors (Lipinski definition) is 5. The van der Waals surface area contributed by atoms with E-state index in [-0.39, 0.29) is 60.3 Å². The number of pyridine rings is 1. The van der Waals surface area contributed by atoms with Gasteiger partial charge in [-0.15, -0.1) is 0 Å². The van der Waals surface area contributed by atoms with E-state index in [1.54, 1.807) is 0 Å². The summed E-state index contributed by atoms with van der Waals surface area (Å²) in [4.78, 5) is 48.7. The summed E-state index contributed by atoms with van der Waals surface area (Å²) < 4.78 is 84.4. The second-order valence-electron chi connectivity index (χ2n) is 11.3. The van der Waals surface area contributed by atoms with Crippen LogP contribution in [-0.2, 0) is 32.5 Å². The van der Waals surface area contributed by atoms with E-state index in [0.29, 0.717) is 0 Å². The van der Waals surface area contributed by atoms with Crippen LogP contribution >= 0.6 is 0 Å². The van der Waals surface area contributed by atoms with Crippen LogP contribution in [0.5, 0.6) is 0 Å². The Hall–Kier alpha value is -4.93. The fourth-order valence-electron chi connectivity index (χ4n) is 6.50. The molecule has 2 atom stereocenters. The van der Waals surface area contributed by atoms with E-state index in [1.165, 1.54) is 36.5 Å². The standard InChI is InChI=1S/C33H29F6N5O3/c34-14-10-22(11-15-35)42-31(47)32(13-9-24-25(32)5-2-6-26(24)33(37,38)39)44(23-4-1-3-21(36)18-23)30(46)27-7-8-29(45)43(27)28-17-20(19-40)12-16-41-28/h1-6,12,16-18,22,27H,7-11,13-15H2,(H,42,47)/t27-,32?/m0/s1. The smallest absolute Gasteiger partial charge is 0.351 e. The molecule has 47 heavy (non-hydrogen) atoms. The molecule has 1 N–H and O–H groups in total. The van der Waals surface area contributed by atoms with Gasteiger partial charge in [-0.3, -0.25) is 33.0 Å². The van der Waals surface area contributed by atoms with E-state index in [1.807, 2.05) is 6.07 Å². The van der Waals surface area contributed by atoms with Crippen molar-refractivity contribution in [3.8, 4) is 6.07 Å². The number of benzene rings is 2. The number of carbonyl (C=O) groups excluding carboxylic acids is 3. The van der Waals surface area contributed by atoms with Crippen molar-refractivity contribution in [2.45, 2.75) is 62.3 Å². The SMILES string of the molecule is N#Cc1ccnc(N2C(=O)CC[C@H]2C(=O)N(c2cccc(F)c2)C2(C(=O)NC(CCF)CCF)CCc3c(C(F)(F)F)cccc32)c1. The molecule has 1 aliphatic carbocycles. The first-order valence-corrected chi connectivity index (χ1v) is 14.9. The molecule has 2 aliphatic rings. The van der Waals surface area contributed by atoms with Gasteiger partial charge in [0.1, 0.15) is 17.7 Å². The lowest BCUT2D eigenvalue weighted by Gasteiger charge is -2.43. The number of anilines is 2. The summed E-state index contributed by atoms with van der Waals surface area (Å²) >= 11 is 0. The minimum Gasteiger partial charge on any atom is -0.351 e. The van der Waals surface area contributed by atoms with Gasteiger partial charge in [-0.25, -0.2) is 9.37 Å². The fourth-order valence-corrected chi connectivity index (χ4v) is 6.50. The summed E-state index contributed by atoms with van der Waals surface area (Å²) in [5.41, 5.74) is -3.81. The molecule has 1 aromatic heterocycles. The number of alkyl halides is 5. The van der Waals surface area contributed by atoms with Gasteiger partial charge < -0.3 is 5.32 Å². The van der Waals surface area contributed by atoms with E-state index in [9.17, 15) is 46.0 Å². The number of rotatable bonds is 10. The molecular formula is C33H29F6N5O3. The van der Waals surface area contributed by atoms with Crippen LogP contribution in [0.4, 0.5) is 37.8 Å². The number of fused-ring (bicyclic) bond motifs is 1. The average Bonchev–Trinajstić information content (AvgIpc) is 3.62. The van der Waals surface area contributed by atoms with E-state index in [4.69, 9.17) is 0 Å². The van der Waals surface area contributed by atoms with Crippen LogP contribution in [0.25, 0.3) is 0 Å². The zero-order chi connectivity index (χ0) is 33.9. The summed E-state index contributed by atoms with van der Waals surface area (Å²) in [6.45, 7) is -1.87. The molecule has 8 nitrogen and oxygen atoms in total. The summed E-state index contributed by atoms with van der Waals surface area (Å²) in [6.07, 6.45) is -5.14. The van der Waals surface area contributed by atoms with Crippen molar-refractivity contribution in [2.24, 2.45) is 0 Å². The molecular weight excluding hydrogens is 628 g/mol. The van der Waals surface area contributed by atoms with E-state index >= 15 is 0 Å². The van der Waals surface area contributed by atoms with Crippen molar-refractivity contribution >= 4 is 29.2 Å². The highest BCUT2D eigenvalue weighted by Gasteiger charge is 2.57. The molecule has 14 heteroatoms. The molecule has 0 saturated carbocycles. The number of nitriles is 1. The minimum atomic E-state index is -4.83. The quantitative estimate of drug-likeness (QED) is 0.282. The lowest BCUT2D eigenvalue weighted by molar-refractivity contribution is -0.138. The molecule has 2 aromatic carbocycles. The van der Waals surface area contributed by atoms with Crippen molar-refractivity contribution < 1.29 is 40.7 Å². The van der Waals surface area contributed by atoms with Crippen LogP contribution < -0.4 is 15.1 Å². The lowest BCUT2D eigenvalue weighted by Crippen LogP contribution is -2.62. The first-order chi connectivity index (χ1) is 22.5. The molecule has 246 valence electrons. The van der Waals surface area contributed by atoms with E-state index in [0.717, 1.165) is 34.1 Å². The Morgan fingerprint density at radius 2 is 1.81 bits per heavy atom. The van der Waals surface area contributed by atoms with E-state index < -0.39 is 72.7 Å². The topological polar surface area (TPSA) is 106 Å². The first-order valence-electron chi connectivity index (χ1n) is 14.9. The number of aromatic nitrogens is 1. The van der Waals surface area contributed by atoms with Crippen LogP contribution in [-0.4, -0.2) is 48.1 Å². The predicted molar refractivity (Wildman–Crippen MR) is 158 cm³/mol. The second kappa shape index (κ2) is 13.4. The van der Waals surface area contributed by atoms with Gasteiger partial charge in [-0.1, -0.05) is 18.2 Å². The van der Waals surface area contributed by atoms with Crippen molar-refractivity contribution in [1.29, 1.82) is 5.26 Å².